The van der Waals surface area contributed by atoms with Crippen molar-refractivity contribution in [3.63, 3.8) is 0 Å². The average molecular weight is 296 g/mol. The summed E-state index contributed by atoms with van der Waals surface area (Å²) in [6.07, 6.45) is -1.36. The molecular weight excluding hydrogens is 272 g/mol. The molecule has 1 amide bonds. The third kappa shape index (κ3) is 6.01. The Balaban J connectivity index is 2.83. The Morgan fingerprint density at radius 3 is 2.48 bits per heavy atom. The summed E-state index contributed by atoms with van der Waals surface area (Å²) in [5.41, 5.74) is 0.353. The van der Waals surface area contributed by atoms with Gasteiger partial charge in [0.05, 0.1) is 6.10 Å². The molecule has 1 rings (SSSR count). The highest BCUT2D eigenvalue weighted by molar-refractivity contribution is 5.70. The Hall–Kier alpha value is -1.79. The predicted octanol–water partition coefficient (Wildman–Crippen LogP) is 1.87. The molecule has 0 spiro atoms. The van der Waals surface area contributed by atoms with Crippen molar-refractivity contribution in [3.05, 3.63) is 23.8 Å². The van der Waals surface area contributed by atoms with Crippen molar-refractivity contribution in [2.45, 2.75) is 32.4 Å². The number of rotatable bonds is 4. The minimum atomic E-state index is -0.812. The van der Waals surface area contributed by atoms with Gasteiger partial charge in [-0.05, 0) is 38.5 Å². The number of hydrogen-bond acceptors (Lipinski definition) is 5. The van der Waals surface area contributed by atoms with Crippen LogP contribution in [0.1, 0.15) is 32.4 Å². The van der Waals surface area contributed by atoms with Gasteiger partial charge in [-0.15, -0.1) is 0 Å². The van der Waals surface area contributed by atoms with E-state index < -0.39 is 12.2 Å². The maximum absolute atomic E-state index is 11.5. The lowest BCUT2D eigenvalue weighted by atomic mass is 10.1. The molecule has 0 aliphatic rings. The topological polar surface area (TPSA) is 82.0 Å². The first-order valence-corrected chi connectivity index (χ1v) is 6.74. The van der Waals surface area contributed by atoms with Crippen LogP contribution < -0.4 is 10.1 Å². The van der Waals surface area contributed by atoms with Crippen molar-refractivity contribution < 1.29 is 19.7 Å². The van der Waals surface area contributed by atoms with Crippen LogP contribution in [-0.2, 0) is 0 Å². The molecule has 0 saturated heterocycles. The molecule has 6 nitrogen and oxygen atoms in total. The molecule has 1 atom stereocenters. The minimum absolute atomic E-state index is 0.0659. The molecule has 21 heavy (non-hydrogen) atoms. The van der Waals surface area contributed by atoms with Crippen LogP contribution in [-0.4, -0.2) is 47.4 Å². The first kappa shape index (κ1) is 17.3. The van der Waals surface area contributed by atoms with Gasteiger partial charge in [-0.25, -0.2) is 4.79 Å². The van der Waals surface area contributed by atoms with E-state index in [9.17, 15) is 15.0 Å². The predicted molar refractivity (Wildman–Crippen MR) is 80.5 cm³/mol. The van der Waals surface area contributed by atoms with E-state index in [1.807, 2.05) is 20.8 Å². The Bertz CT molecular complexity index is 495. The van der Waals surface area contributed by atoms with Crippen LogP contribution >= 0.6 is 0 Å². The number of phenolic OH excluding ortho intramolecular Hbond substituents is 1. The van der Waals surface area contributed by atoms with Crippen LogP contribution in [0.3, 0.4) is 0 Å². The molecule has 1 unspecified atom stereocenters. The summed E-state index contributed by atoms with van der Waals surface area (Å²) in [6.45, 7) is 6.31. The van der Waals surface area contributed by atoms with Crippen LogP contribution in [0.4, 0.5) is 4.79 Å². The SMILES string of the molecule is CN(C)C(=O)Oc1cc(O)cc(C(O)CNC(C)(C)C)c1. The van der Waals surface area contributed by atoms with Gasteiger partial charge in [0, 0.05) is 32.2 Å². The highest BCUT2D eigenvalue weighted by Crippen LogP contribution is 2.26. The average Bonchev–Trinajstić information content (AvgIpc) is 2.34. The van der Waals surface area contributed by atoms with Crippen LogP contribution in [0.5, 0.6) is 11.5 Å². The zero-order chi connectivity index (χ0) is 16.2. The maximum atomic E-state index is 11.5. The second kappa shape index (κ2) is 6.78. The Kier molecular flexibility index (Phi) is 5.57. The van der Waals surface area contributed by atoms with E-state index in [1.54, 1.807) is 14.1 Å². The van der Waals surface area contributed by atoms with Crippen LogP contribution in [0.25, 0.3) is 0 Å². The number of carbonyl (C=O) groups is 1. The molecule has 6 heteroatoms. The summed E-state index contributed by atoms with van der Waals surface area (Å²) in [5, 5.41) is 23.0. The van der Waals surface area contributed by atoms with Gasteiger partial charge in [-0.1, -0.05) is 0 Å². The van der Waals surface area contributed by atoms with E-state index in [-0.39, 0.29) is 17.0 Å². The molecule has 1 aromatic rings. The number of aliphatic hydroxyl groups excluding tert-OH is 1. The van der Waals surface area contributed by atoms with Gasteiger partial charge >= 0.3 is 6.09 Å². The van der Waals surface area contributed by atoms with Crippen molar-refractivity contribution in [2.24, 2.45) is 0 Å². The Morgan fingerprint density at radius 2 is 1.95 bits per heavy atom. The third-order valence-corrected chi connectivity index (χ3v) is 2.69. The minimum Gasteiger partial charge on any atom is -0.508 e. The van der Waals surface area contributed by atoms with E-state index in [4.69, 9.17) is 4.74 Å². The first-order valence-electron chi connectivity index (χ1n) is 6.74. The summed E-state index contributed by atoms with van der Waals surface area (Å²) in [7, 11) is 3.13. The number of nitrogens with zero attached hydrogens (tertiary/aromatic N) is 1. The fraction of sp³-hybridized carbons (Fsp3) is 0.533. The molecule has 0 aliphatic heterocycles. The summed E-state index contributed by atoms with van der Waals surface area (Å²) in [4.78, 5) is 12.8. The van der Waals surface area contributed by atoms with Gasteiger partial charge in [0.25, 0.3) is 0 Å². The Labute approximate surface area is 125 Å². The molecule has 0 aromatic heterocycles. The second-order valence-corrected chi connectivity index (χ2v) is 6.17. The number of carbonyl (C=O) groups excluding carboxylic acids is 1. The lowest BCUT2D eigenvalue weighted by Crippen LogP contribution is -2.38. The van der Waals surface area contributed by atoms with Crippen molar-refractivity contribution in [2.75, 3.05) is 20.6 Å². The number of ether oxygens (including phenoxy) is 1. The number of hydrogen-bond donors (Lipinski definition) is 3. The van der Waals surface area contributed by atoms with Gasteiger partial charge in [0.15, 0.2) is 0 Å². The van der Waals surface area contributed by atoms with Gasteiger partial charge < -0.3 is 25.2 Å². The van der Waals surface area contributed by atoms with Gasteiger partial charge in [-0.3, -0.25) is 0 Å². The fourth-order valence-electron chi connectivity index (χ4n) is 1.57. The van der Waals surface area contributed by atoms with Crippen molar-refractivity contribution >= 4 is 6.09 Å². The normalized spacial score (nSPS) is 12.9. The molecule has 0 aliphatic carbocycles. The van der Waals surface area contributed by atoms with Crippen molar-refractivity contribution in [3.8, 4) is 11.5 Å². The van der Waals surface area contributed by atoms with Crippen LogP contribution in [0.2, 0.25) is 0 Å². The van der Waals surface area contributed by atoms with Gasteiger partial charge in [0.1, 0.15) is 11.5 Å². The quantitative estimate of drug-likeness (QED) is 0.790. The number of benzene rings is 1. The highest BCUT2D eigenvalue weighted by Gasteiger charge is 2.16. The van der Waals surface area contributed by atoms with E-state index >= 15 is 0 Å². The third-order valence-electron chi connectivity index (χ3n) is 2.69. The molecule has 118 valence electrons. The number of aromatic hydroxyl groups is 1. The largest absolute Gasteiger partial charge is 0.508 e. The number of amides is 1. The van der Waals surface area contributed by atoms with Crippen molar-refractivity contribution in [1.82, 2.24) is 10.2 Å². The summed E-state index contributed by atoms with van der Waals surface area (Å²) < 4.78 is 5.09. The molecule has 0 fully saturated rings. The molecule has 3 N–H and O–H groups in total. The van der Waals surface area contributed by atoms with Crippen LogP contribution in [0, 0.1) is 0 Å². The monoisotopic (exact) mass is 296 g/mol. The van der Waals surface area contributed by atoms with E-state index in [1.165, 1.54) is 23.1 Å². The Morgan fingerprint density at radius 1 is 1.33 bits per heavy atom. The molecule has 0 bridgehead atoms. The smallest absolute Gasteiger partial charge is 0.414 e. The van der Waals surface area contributed by atoms with Gasteiger partial charge in [-0.2, -0.15) is 0 Å². The van der Waals surface area contributed by atoms with Crippen LogP contribution in [0.15, 0.2) is 18.2 Å². The highest BCUT2D eigenvalue weighted by atomic mass is 16.6. The number of phenols is 1. The van der Waals surface area contributed by atoms with E-state index in [0.29, 0.717) is 12.1 Å². The number of β-amino-alcohol motifs (C(OH)–C–C–N with tert-alkyl or cyclic N) is 1. The molecule has 0 heterocycles. The molecule has 1 aromatic carbocycles. The zero-order valence-corrected chi connectivity index (χ0v) is 13.2. The maximum Gasteiger partial charge on any atom is 0.414 e. The molecule has 0 saturated carbocycles. The summed E-state index contributed by atoms with van der Waals surface area (Å²) in [6, 6.07) is 4.31. The zero-order valence-electron chi connectivity index (χ0n) is 13.2. The first-order chi connectivity index (χ1) is 9.58. The molecule has 0 radical (unpaired) electrons. The number of aliphatic hydroxyl groups is 1. The standard InChI is InChI=1S/C15H24N2O4/c1-15(2,3)16-9-13(19)10-6-11(18)8-12(7-10)21-14(20)17(4)5/h6-8,13,16,18-19H,9H2,1-5H3. The second-order valence-electron chi connectivity index (χ2n) is 6.17. The van der Waals surface area contributed by atoms with E-state index in [2.05, 4.69) is 5.32 Å². The lowest BCUT2D eigenvalue weighted by Gasteiger charge is -2.23. The number of nitrogens with one attached hydrogen (secondary N) is 1. The molecular formula is C15H24N2O4. The lowest BCUT2D eigenvalue weighted by molar-refractivity contribution is 0.161. The van der Waals surface area contributed by atoms with Crippen molar-refractivity contribution in [1.29, 1.82) is 0 Å². The van der Waals surface area contributed by atoms with E-state index in [0.717, 1.165) is 0 Å². The van der Waals surface area contributed by atoms with Gasteiger partial charge in [0.2, 0.25) is 0 Å². The summed E-state index contributed by atoms with van der Waals surface area (Å²) >= 11 is 0. The summed E-state index contributed by atoms with van der Waals surface area (Å²) in [5.74, 6) is 0.127. The fourth-order valence-corrected chi connectivity index (χ4v) is 1.57.